The van der Waals surface area contributed by atoms with Crippen molar-refractivity contribution in [3.8, 4) is 11.8 Å². The van der Waals surface area contributed by atoms with Gasteiger partial charge < -0.3 is 9.84 Å². The molecule has 3 heterocycles. The van der Waals surface area contributed by atoms with Gasteiger partial charge in [0, 0.05) is 12.0 Å². The third-order valence-electron chi connectivity index (χ3n) is 6.05. The van der Waals surface area contributed by atoms with Crippen molar-refractivity contribution >= 4 is 5.97 Å². The molecule has 1 aromatic rings. The highest BCUT2D eigenvalue weighted by Gasteiger charge is 2.40. The Bertz CT molecular complexity index is 791. The zero-order valence-corrected chi connectivity index (χ0v) is 17.3. The number of piperidine rings is 3. The van der Waals surface area contributed by atoms with Crippen LogP contribution in [-0.4, -0.2) is 48.3 Å². The molecule has 1 aromatic carbocycles. The Morgan fingerprint density at radius 2 is 1.86 bits per heavy atom. The van der Waals surface area contributed by atoms with Gasteiger partial charge in [-0.1, -0.05) is 36.1 Å². The molecule has 3 saturated heterocycles. The third kappa shape index (κ3) is 4.98. The van der Waals surface area contributed by atoms with Crippen LogP contribution >= 0.6 is 0 Å². The van der Waals surface area contributed by atoms with E-state index in [9.17, 15) is 9.90 Å². The summed E-state index contributed by atoms with van der Waals surface area (Å²) < 4.78 is 4.77. The van der Waals surface area contributed by atoms with Gasteiger partial charge in [-0.25, -0.2) is 0 Å². The van der Waals surface area contributed by atoms with E-state index >= 15 is 0 Å². The molecular weight excluding hydrogens is 362 g/mol. The molecule has 2 bridgehead atoms. The van der Waals surface area contributed by atoms with Crippen molar-refractivity contribution in [2.45, 2.75) is 50.7 Å². The molecule has 2 atom stereocenters. The second-order valence-electron chi connectivity index (χ2n) is 7.93. The van der Waals surface area contributed by atoms with Crippen molar-refractivity contribution in [3.05, 3.63) is 59.7 Å². The smallest absolute Gasteiger partial charge is 0.305 e. The fourth-order valence-corrected chi connectivity index (χ4v) is 4.46. The molecule has 29 heavy (non-hydrogen) atoms. The summed E-state index contributed by atoms with van der Waals surface area (Å²) in [7, 11) is 1.41. The van der Waals surface area contributed by atoms with Gasteiger partial charge in [0.25, 0.3) is 0 Å². The molecule has 4 nitrogen and oxygen atoms in total. The maximum absolute atomic E-state index is 11.5. The summed E-state index contributed by atoms with van der Waals surface area (Å²) in [6.07, 6.45) is 7.93. The molecule has 3 aliphatic heterocycles. The summed E-state index contributed by atoms with van der Waals surface area (Å²) in [4.78, 5) is 13.8. The van der Waals surface area contributed by atoms with E-state index in [1.165, 1.54) is 7.11 Å². The number of benzene rings is 1. The van der Waals surface area contributed by atoms with Gasteiger partial charge in [-0.15, -0.1) is 13.2 Å². The number of aryl methyl sites for hydroxylation is 1. The van der Waals surface area contributed by atoms with Crippen molar-refractivity contribution in [3.63, 3.8) is 0 Å². The van der Waals surface area contributed by atoms with E-state index in [0.717, 1.165) is 48.2 Å². The summed E-state index contributed by atoms with van der Waals surface area (Å²) in [5.41, 5.74) is 4.31. The number of esters is 1. The van der Waals surface area contributed by atoms with Gasteiger partial charge in [-0.2, -0.15) is 0 Å². The summed E-state index contributed by atoms with van der Waals surface area (Å²) >= 11 is 0. The summed E-state index contributed by atoms with van der Waals surface area (Å²) in [5.74, 6) is 6.95. The quantitative estimate of drug-likeness (QED) is 0.439. The zero-order chi connectivity index (χ0) is 20.8. The molecule has 4 rings (SSSR count). The number of allylic oxidation sites excluding steroid dienone is 2. The van der Waals surface area contributed by atoms with Crippen LogP contribution in [0.5, 0.6) is 0 Å². The van der Waals surface area contributed by atoms with E-state index in [4.69, 9.17) is 4.74 Å². The molecule has 1 N–H and O–H groups in total. The largest absolute Gasteiger partial charge is 0.469 e. The van der Waals surface area contributed by atoms with E-state index in [-0.39, 0.29) is 18.1 Å². The highest BCUT2D eigenvalue weighted by atomic mass is 16.5. The van der Waals surface area contributed by atoms with Gasteiger partial charge in [0.1, 0.15) is 0 Å². The van der Waals surface area contributed by atoms with Gasteiger partial charge in [-0.3, -0.25) is 9.69 Å². The maximum atomic E-state index is 11.5. The lowest BCUT2D eigenvalue weighted by atomic mass is 9.80. The predicted molar refractivity (Wildman–Crippen MR) is 116 cm³/mol. The van der Waals surface area contributed by atoms with Gasteiger partial charge in [0.05, 0.1) is 19.3 Å². The van der Waals surface area contributed by atoms with Crippen LogP contribution in [-0.2, 0) is 28.8 Å². The first kappa shape index (κ1) is 21.4. The highest BCUT2D eigenvalue weighted by Crippen LogP contribution is 2.32. The lowest BCUT2D eigenvalue weighted by Gasteiger charge is -2.46. The normalized spacial score (nSPS) is 25.0. The summed E-state index contributed by atoms with van der Waals surface area (Å²) in [6, 6.07) is 4.14. The molecule has 0 saturated carbocycles. The van der Waals surface area contributed by atoms with Crippen LogP contribution in [0, 0.1) is 17.8 Å². The van der Waals surface area contributed by atoms with Crippen LogP contribution in [0.4, 0.5) is 0 Å². The number of ether oxygens (including phenoxy) is 1. The Hall–Kier alpha value is -2.35. The Labute approximate surface area is 174 Å². The van der Waals surface area contributed by atoms with E-state index in [1.54, 1.807) is 0 Å². The summed E-state index contributed by atoms with van der Waals surface area (Å²) in [5, 5.41) is 10.7. The zero-order valence-electron chi connectivity index (χ0n) is 17.3. The van der Waals surface area contributed by atoms with Crippen LogP contribution in [0.15, 0.2) is 37.4 Å². The number of aliphatic hydroxyl groups is 1. The van der Waals surface area contributed by atoms with Crippen molar-refractivity contribution < 1.29 is 14.6 Å². The van der Waals surface area contributed by atoms with Crippen LogP contribution in [0.25, 0.3) is 0 Å². The first-order valence-electron chi connectivity index (χ1n) is 10.4. The molecule has 2 unspecified atom stereocenters. The van der Waals surface area contributed by atoms with Crippen molar-refractivity contribution in [1.82, 2.24) is 4.90 Å². The number of nitrogens with zero attached hydrogens (tertiary/aromatic N) is 1. The minimum atomic E-state index is -0.366. The number of methoxy groups -OCH3 is 1. The third-order valence-corrected chi connectivity index (χ3v) is 6.05. The lowest BCUT2D eigenvalue weighted by molar-refractivity contribution is -0.140. The molecule has 3 aliphatic rings. The first-order chi connectivity index (χ1) is 14.1. The fourth-order valence-electron chi connectivity index (χ4n) is 4.46. The average Bonchev–Trinajstić information content (AvgIpc) is 2.73. The second kappa shape index (κ2) is 9.91. The monoisotopic (exact) mass is 393 g/mol. The molecule has 0 radical (unpaired) electrons. The van der Waals surface area contributed by atoms with Gasteiger partial charge in [0.15, 0.2) is 0 Å². The minimum Gasteiger partial charge on any atom is -0.469 e. The highest BCUT2D eigenvalue weighted by molar-refractivity contribution is 5.69. The van der Waals surface area contributed by atoms with Crippen LogP contribution in [0.1, 0.15) is 41.5 Å². The molecule has 154 valence electrons. The minimum absolute atomic E-state index is 0.0883. The van der Waals surface area contributed by atoms with Crippen molar-refractivity contribution in [2.24, 2.45) is 5.92 Å². The summed E-state index contributed by atoms with van der Waals surface area (Å²) in [6.45, 7) is 9.83. The number of carbonyl (C=O) groups excluding carboxylic acids is 1. The molecule has 4 heteroatoms. The molecule has 0 spiro atoms. The maximum Gasteiger partial charge on any atom is 0.305 e. The molecule has 3 fully saturated rings. The van der Waals surface area contributed by atoms with Crippen molar-refractivity contribution in [1.29, 1.82) is 0 Å². The standard InChI is InChI=1S/C25H31NO3/c1-4-6-20-16-18(8-11-24(27)29-3)17-21(7-5-2)22(20)9-10-23-25(28)19-12-14-26(23)15-13-19/h4-5,16-17,19,23,25,28H,1-2,6-8,11-15H2,3H3. The van der Waals surface area contributed by atoms with Gasteiger partial charge in [-0.05, 0) is 67.8 Å². The number of carbonyl (C=O) groups is 1. The first-order valence-corrected chi connectivity index (χ1v) is 10.4. The lowest BCUT2D eigenvalue weighted by Crippen LogP contribution is -2.57. The Morgan fingerprint density at radius 1 is 1.24 bits per heavy atom. The second-order valence-corrected chi connectivity index (χ2v) is 7.93. The van der Waals surface area contributed by atoms with Crippen LogP contribution in [0.3, 0.4) is 0 Å². The average molecular weight is 394 g/mol. The van der Waals surface area contributed by atoms with E-state index in [1.807, 2.05) is 12.2 Å². The van der Waals surface area contributed by atoms with Crippen LogP contribution < -0.4 is 0 Å². The number of hydrogen-bond acceptors (Lipinski definition) is 4. The number of rotatable bonds is 7. The van der Waals surface area contributed by atoms with Crippen LogP contribution in [0.2, 0.25) is 0 Å². The SMILES string of the molecule is C=CCc1cc(CCC(=O)OC)cc(CC=C)c1C#CC1C(O)C2CCN1CC2. The van der Waals surface area contributed by atoms with E-state index in [2.05, 4.69) is 42.0 Å². The number of aliphatic hydroxyl groups excluding tert-OH is 1. The number of hydrogen-bond donors (Lipinski definition) is 1. The van der Waals surface area contributed by atoms with E-state index < -0.39 is 0 Å². The molecule has 0 aliphatic carbocycles. The topological polar surface area (TPSA) is 49.8 Å². The molecule has 0 aromatic heterocycles. The fraction of sp³-hybridized carbons (Fsp3) is 0.480. The predicted octanol–water partition coefficient (Wildman–Crippen LogP) is 3.06. The van der Waals surface area contributed by atoms with Gasteiger partial charge >= 0.3 is 5.97 Å². The van der Waals surface area contributed by atoms with Gasteiger partial charge in [0.2, 0.25) is 0 Å². The Morgan fingerprint density at radius 3 is 2.38 bits per heavy atom. The molecule has 0 amide bonds. The number of fused-ring (bicyclic) bond motifs is 3. The molecular formula is C25H31NO3. The Kier molecular flexibility index (Phi) is 7.30. The van der Waals surface area contributed by atoms with Crippen molar-refractivity contribution in [2.75, 3.05) is 20.2 Å². The Balaban J connectivity index is 1.93. The van der Waals surface area contributed by atoms with E-state index in [0.29, 0.717) is 31.6 Å².